The van der Waals surface area contributed by atoms with Crippen LogP contribution in [-0.4, -0.2) is 30.8 Å². The normalized spacial score (nSPS) is 11.7. The van der Waals surface area contributed by atoms with Gasteiger partial charge in [-0.1, -0.05) is 24.3 Å². The Kier molecular flexibility index (Phi) is 8.16. The highest BCUT2D eigenvalue weighted by atomic mass is 16.7. The number of hydrogen-bond acceptors (Lipinski definition) is 5. The Hall–Kier alpha value is -1.85. The molecule has 0 aromatic heterocycles. The van der Waals surface area contributed by atoms with E-state index in [1.165, 1.54) is 6.08 Å². The summed E-state index contributed by atoms with van der Waals surface area (Å²) < 4.78 is 15.0. The van der Waals surface area contributed by atoms with Gasteiger partial charge in [-0.25, -0.2) is 4.79 Å². The molecule has 0 amide bonds. The molecule has 21 heavy (non-hydrogen) atoms. The summed E-state index contributed by atoms with van der Waals surface area (Å²) in [6, 6.07) is 7.16. The van der Waals surface area contributed by atoms with E-state index in [0.717, 1.165) is 24.8 Å². The van der Waals surface area contributed by atoms with E-state index >= 15 is 0 Å². The van der Waals surface area contributed by atoms with Crippen LogP contribution in [-0.2, 0) is 9.47 Å². The summed E-state index contributed by atoms with van der Waals surface area (Å²) in [7, 11) is 0. The number of hydrogen-bond donors (Lipinski definition) is 1. The number of carbonyl (C=O) groups is 1. The maximum atomic E-state index is 11.4. The van der Waals surface area contributed by atoms with E-state index in [1.807, 2.05) is 19.1 Å². The molecule has 1 N–H and O–H groups in total. The van der Waals surface area contributed by atoms with Gasteiger partial charge in [0.15, 0.2) is 6.29 Å². The van der Waals surface area contributed by atoms with Gasteiger partial charge in [-0.2, -0.15) is 0 Å². The van der Waals surface area contributed by atoms with Gasteiger partial charge >= 0.3 is 6.16 Å². The average molecular weight is 294 g/mol. The lowest BCUT2D eigenvalue weighted by molar-refractivity contribution is -0.0649. The Morgan fingerprint density at radius 3 is 2.57 bits per heavy atom. The largest absolute Gasteiger partial charge is 0.513 e. The molecule has 0 fully saturated rings. The van der Waals surface area contributed by atoms with Crippen LogP contribution in [0.15, 0.2) is 36.9 Å². The number of aliphatic hydroxyl groups is 1. The first-order valence-electron chi connectivity index (χ1n) is 6.95. The third-order valence-corrected chi connectivity index (χ3v) is 2.72. The Labute approximate surface area is 125 Å². The predicted octanol–water partition coefficient (Wildman–Crippen LogP) is 3.20. The zero-order valence-corrected chi connectivity index (χ0v) is 12.3. The Bertz CT molecular complexity index is 427. The Morgan fingerprint density at radius 1 is 1.24 bits per heavy atom. The number of benzene rings is 1. The van der Waals surface area contributed by atoms with Gasteiger partial charge < -0.3 is 19.3 Å². The molecule has 0 aliphatic heterocycles. The highest BCUT2D eigenvalue weighted by Crippen LogP contribution is 2.12. The summed E-state index contributed by atoms with van der Waals surface area (Å²) in [6.45, 7) is 6.11. The van der Waals surface area contributed by atoms with Gasteiger partial charge in [0.25, 0.3) is 0 Å². The molecule has 0 heterocycles. The molecule has 0 aliphatic carbocycles. The molecule has 0 spiro atoms. The molecule has 116 valence electrons. The zero-order chi connectivity index (χ0) is 15.5. The molecule has 1 aromatic carbocycles. The minimum Gasteiger partial charge on any atom is -0.434 e. The van der Waals surface area contributed by atoms with Gasteiger partial charge in [-0.05, 0) is 44.4 Å². The van der Waals surface area contributed by atoms with Crippen LogP contribution >= 0.6 is 0 Å². The number of unbranched alkanes of at least 4 members (excludes halogenated alkanes) is 2. The molecule has 0 bridgehead atoms. The number of aryl methyl sites for hydroxylation is 1. The maximum Gasteiger partial charge on any atom is 0.513 e. The number of rotatable bonds is 9. The summed E-state index contributed by atoms with van der Waals surface area (Å²) in [6.07, 6.45) is 2.05. The van der Waals surface area contributed by atoms with Gasteiger partial charge in [-0.3, -0.25) is 0 Å². The molecule has 5 heteroatoms. The lowest BCUT2D eigenvalue weighted by Gasteiger charge is -2.08. The van der Waals surface area contributed by atoms with Crippen LogP contribution in [0.3, 0.4) is 0 Å². The fourth-order valence-electron chi connectivity index (χ4n) is 1.54. The van der Waals surface area contributed by atoms with Crippen molar-refractivity contribution in [3.63, 3.8) is 0 Å². The van der Waals surface area contributed by atoms with Crippen LogP contribution in [0.5, 0.6) is 5.75 Å². The van der Waals surface area contributed by atoms with Crippen molar-refractivity contribution in [3.05, 3.63) is 42.5 Å². The Balaban J connectivity index is 2.03. The zero-order valence-electron chi connectivity index (χ0n) is 12.3. The summed E-state index contributed by atoms with van der Waals surface area (Å²) in [5.74, 6) is 0.470. The van der Waals surface area contributed by atoms with Crippen molar-refractivity contribution in [2.45, 2.75) is 32.5 Å². The molecular formula is C16H22O5. The van der Waals surface area contributed by atoms with Crippen molar-refractivity contribution >= 4 is 6.16 Å². The molecule has 1 unspecified atom stereocenters. The standard InChI is InChI=1S/C16H22O5/c1-3-15(17)19-11-5-4-6-12-20-16(18)21-14-9-7-13(2)8-10-14/h3,7-10,15,17H,1,4-6,11-12H2,2H3. The van der Waals surface area contributed by atoms with E-state index in [2.05, 4.69) is 6.58 Å². The SMILES string of the molecule is C=CC(O)OCCCCCOC(=O)Oc1ccc(C)cc1. The van der Waals surface area contributed by atoms with Crippen molar-refractivity contribution in [1.82, 2.24) is 0 Å². The van der Waals surface area contributed by atoms with Crippen LogP contribution in [0.1, 0.15) is 24.8 Å². The molecule has 1 rings (SSSR count). The van der Waals surface area contributed by atoms with Crippen molar-refractivity contribution in [3.8, 4) is 5.75 Å². The second-order valence-corrected chi connectivity index (χ2v) is 4.57. The first kappa shape index (κ1) is 17.2. The third kappa shape index (κ3) is 8.12. The highest BCUT2D eigenvalue weighted by Gasteiger charge is 2.05. The van der Waals surface area contributed by atoms with Crippen LogP contribution in [0.25, 0.3) is 0 Å². The quantitative estimate of drug-likeness (QED) is 0.249. The summed E-state index contributed by atoms with van der Waals surface area (Å²) >= 11 is 0. The first-order chi connectivity index (χ1) is 10.1. The summed E-state index contributed by atoms with van der Waals surface area (Å²) in [5, 5.41) is 9.06. The third-order valence-electron chi connectivity index (χ3n) is 2.72. The Morgan fingerprint density at radius 2 is 1.90 bits per heavy atom. The molecule has 0 aliphatic rings. The topological polar surface area (TPSA) is 65.0 Å². The minimum atomic E-state index is -0.911. The van der Waals surface area contributed by atoms with Gasteiger partial charge in [0, 0.05) is 0 Å². The second-order valence-electron chi connectivity index (χ2n) is 4.57. The van der Waals surface area contributed by atoms with Gasteiger partial charge in [0.05, 0.1) is 13.2 Å². The van der Waals surface area contributed by atoms with E-state index in [4.69, 9.17) is 19.3 Å². The van der Waals surface area contributed by atoms with Crippen LogP contribution in [0.4, 0.5) is 4.79 Å². The molecule has 1 atom stereocenters. The lowest BCUT2D eigenvalue weighted by Crippen LogP contribution is -2.12. The molecular weight excluding hydrogens is 272 g/mol. The van der Waals surface area contributed by atoms with Crippen molar-refractivity contribution < 1.29 is 24.1 Å². The van der Waals surface area contributed by atoms with E-state index in [0.29, 0.717) is 19.0 Å². The number of ether oxygens (including phenoxy) is 3. The summed E-state index contributed by atoms with van der Waals surface area (Å²) in [5.41, 5.74) is 1.10. The molecule has 1 aromatic rings. The second kappa shape index (κ2) is 9.96. The predicted molar refractivity (Wildman–Crippen MR) is 79.2 cm³/mol. The lowest BCUT2D eigenvalue weighted by atomic mass is 10.2. The van der Waals surface area contributed by atoms with E-state index in [-0.39, 0.29) is 0 Å². The average Bonchev–Trinajstić information content (AvgIpc) is 2.48. The monoisotopic (exact) mass is 294 g/mol. The van der Waals surface area contributed by atoms with Crippen LogP contribution in [0, 0.1) is 6.92 Å². The van der Waals surface area contributed by atoms with E-state index in [9.17, 15) is 4.79 Å². The fraction of sp³-hybridized carbons (Fsp3) is 0.438. The molecule has 5 nitrogen and oxygen atoms in total. The molecule has 0 saturated heterocycles. The molecule has 0 saturated carbocycles. The van der Waals surface area contributed by atoms with Crippen LogP contribution in [0.2, 0.25) is 0 Å². The number of carbonyl (C=O) groups excluding carboxylic acids is 1. The first-order valence-corrected chi connectivity index (χ1v) is 6.95. The van der Waals surface area contributed by atoms with Crippen molar-refractivity contribution in [2.24, 2.45) is 0 Å². The maximum absolute atomic E-state index is 11.4. The van der Waals surface area contributed by atoms with Gasteiger partial charge in [0.2, 0.25) is 0 Å². The minimum absolute atomic E-state index is 0.300. The van der Waals surface area contributed by atoms with Crippen molar-refractivity contribution in [1.29, 1.82) is 0 Å². The van der Waals surface area contributed by atoms with E-state index < -0.39 is 12.4 Å². The smallest absolute Gasteiger partial charge is 0.434 e. The fourth-order valence-corrected chi connectivity index (χ4v) is 1.54. The van der Waals surface area contributed by atoms with Gasteiger partial charge in [-0.15, -0.1) is 0 Å². The molecule has 0 radical (unpaired) electrons. The number of aliphatic hydroxyl groups excluding tert-OH is 1. The van der Waals surface area contributed by atoms with Crippen LogP contribution < -0.4 is 4.74 Å². The summed E-state index contributed by atoms with van der Waals surface area (Å²) in [4.78, 5) is 11.4. The van der Waals surface area contributed by atoms with Gasteiger partial charge in [0.1, 0.15) is 5.75 Å². The van der Waals surface area contributed by atoms with Crippen molar-refractivity contribution in [2.75, 3.05) is 13.2 Å². The highest BCUT2D eigenvalue weighted by molar-refractivity contribution is 5.63. The van der Waals surface area contributed by atoms with E-state index in [1.54, 1.807) is 12.1 Å².